The van der Waals surface area contributed by atoms with E-state index in [1.807, 2.05) is 0 Å². The minimum Gasteiger partial charge on any atom is -0.507 e. The van der Waals surface area contributed by atoms with Crippen LogP contribution in [-0.2, 0) is 0 Å². The number of thiol groups is 1. The maximum absolute atomic E-state index is 11.0. The van der Waals surface area contributed by atoms with E-state index in [4.69, 9.17) is 5.11 Å². The number of hydrogen-bond donors (Lipinski definition) is 4. The van der Waals surface area contributed by atoms with E-state index in [9.17, 15) is 15.0 Å². The maximum Gasteiger partial charge on any atom is 0.339 e. The molecule has 0 spiro atoms. The fourth-order valence-electron chi connectivity index (χ4n) is 1.87. The molecule has 2 aromatic carbocycles. The number of rotatable bonds is 1. The van der Waals surface area contributed by atoms with Crippen molar-refractivity contribution in [2.75, 3.05) is 0 Å². The summed E-state index contributed by atoms with van der Waals surface area (Å²) in [5.74, 6) is -1.79. The first-order valence-corrected chi connectivity index (χ1v) is 5.29. The van der Waals surface area contributed by atoms with Gasteiger partial charge >= 0.3 is 5.97 Å². The second-order valence-corrected chi connectivity index (χ2v) is 4.18. The van der Waals surface area contributed by atoms with Gasteiger partial charge in [0.25, 0.3) is 0 Å². The van der Waals surface area contributed by atoms with Gasteiger partial charge in [-0.05, 0) is 13.0 Å². The number of benzene rings is 2. The Kier molecular flexibility index (Phi) is 2.63. The molecular weight excluding hydrogens is 240 g/mol. The van der Waals surface area contributed by atoms with E-state index in [0.29, 0.717) is 10.3 Å². The van der Waals surface area contributed by atoms with E-state index in [2.05, 4.69) is 12.6 Å². The SMILES string of the molecule is Cc1c(C(=O)O)c(O)c2cccc(S)c2c1O. The van der Waals surface area contributed by atoms with E-state index >= 15 is 0 Å². The van der Waals surface area contributed by atoms with E-state index < -0.39 is 5.97 Å². The summed E-state index contributed by atoms with van der Waals surface area (Å²) < 4.78 is 0. The lowest BCUT2D eigenvalue weighted by Crippen LogP contribution is -2.01. The zero-order valence-corrected chi connectivity index (χ0v) is 9.82. The van der Waals surface area contributed by atoms with Gasteiger partial charge < -0.3 is 15.3 Å². The summed E-state index contributed by atoms with van der Waals surface area (Å²) in [5.41, 5.74) is -0.155. The molecule has 17 heavy (non-hydrogen) atoms. The highest BCUT2D eigenvalue weighted by atomic mass is 32.1. The highest BCUT2D eigenvalue weighted by Crippen LogP contribution is 2.41. The predicted molar refractivity (Wildman–Crippen MR) is 66.2 cm³/mol. The van der Waals surface area contributed by atoms with Gasteiger partial charge in [-0.2, -0.15) is 0 Å². The van der Waals surface area contributed by atoms with Crippen LogP contribution in [-0.4, -0.2) is 21.3 Å². The van der Waals surface area contributed by atoms with Crippen molar-refractivity contribution in [2.45, 2.75) is 11.8 Å². The Balaban J connectivity index is 3.06. The Morgan fingerprint density at radius 1 is 1.24 bits per heavy atom. The number of carboxylic acids is 1. The average molecular weight is 250 g/mol. The van der Waals surface area contributed by atoms with Crippen LogP contribution in [0.25, 0.3) is 10.8 Å². The van der Waals surface area contributed by atoms with Gasteiger partial charge in [0, 0.05) is 21.2 Å². The summed E-state index contributed by atoms with van der Waals surface area (Å²) in [4.78, 5) is 11.5. The fraction of sp³-hybridized carbons (Fsp3) is 0.0833. The summed E-state index contributed by atoms with van der Waals surface area (Å²) in [5, 5.41) is 29.5. The van der Waals surface area contributed by atoms with Gasteiger partial charge in [-0.3, -0.25) is 0 Å². The molecule has 0 atom stereocenters. The summed E-state index contributed by atoms with van der Waals surface area (Å²) in [6.45, 7) is 1.44. The van der Waals surface area contributed by atoms with Crippen LogP contribution >= 0.6 is 12.6 Å². The monoisotopic (exact) mass is 250 g/mol. The van der Waals surface area contributed by atoms with Crippen LogP contribution in [0.5, 0.6) is 11.5 Å². The summed E-state index contributed by atoms with van der Waals surface area (Å²) in [6, 6.07) is 4.82. The van der Waals surface area contributed by atoms with Gasteiger partial charge in [0.2, 0.25) is 0 Å². The number of hydrogen-bond acceptors (Lipinski definition) is 4. The maximum atomic E-state index is 11.0. The molecule has 0 saturated heterocycles. The van der Waals surface area contributed by atoms with Gasteiger partial charge in [-0.1, -0.05) is 12.1 Å². The van der Waals surface area contributed by atoms with Gasteiger partial charge in [0.1, 0.15) is 17.1 Å². The Morgan fingerprint density at radius 3 is 2.47 bits per heavy atom. The van der Waals surface area contributed by atoms with E-state index in [-0.39, 0.29) is 28.0 Å². The Labute approximate surface area is 103 Å². The molecule has 0 radical (unpaired) electrons. The molecule has 4 nitrogen and oxygen atoms in total. The lowest BCUT2D eigenvalue weighted by atomic mass is 9.98. The number of phenols is 2. The minimum absolute atomic E-state index is 0.129. The molecule has 3 N–H and O–H groups in total. The first-order valence-electron chi connectivity index (χ1n) is 4.84. The second kappa shape index (κ2) is 3.85. The molecule has 0 saturated carbocycles. The van der Waals surface area contributed by atoms with Crippen molar-refractivity contribution in [2.24, 2.45) is 0 Å². The first kappa shape index (κ1) is 11.6. The lowest BCUT2D eigenvalue weighted by molar-refractivity contribution is 0.0692. The number of fused-ring (bicyclic) bond motifs is 1. The number of carbonyl (C=O) groups is 1. The first-order chi connectivity index (χ1) is 7.95. The highest BCUT2D eigenvalue weighted by Gasteiger charge is 2.21. The Bertz CT molecular complexity index is 634. The van der Waals surface area contributed by atoms with E-state index in [1.54, 1.807) is 12.1 Å². The molecule has 88 valence electrons. The van der Waals surface area contributed by atoms with Crippen molar-refractivity contribution >= 4 is 29.4 Å². The van der Waals surface area contributed by atoms with Crippen LogP contribution in [0, 0.1) is 6.92 Å². The second-order valence-electron chi connectivity index (χ2n) is 3.70. The van der Waals surface area contributed by atoms with Crippen molar-refractivity contribution in [3.05, 3.63) is 29.3 Å². The Morgan fingerprint density at radius 2 is 1.88 bits per heavy atom. The van der Waals surface area contributed by atoms with Crippen molar-refractivity contribution < 1.29 is 20.1 Å². The molecule has 2 rings (SSSR count). The van der Waals surface area contributed by atoms with Gasteiger partial charge in [0.15, 0.2) is 0 Å². The quantitative estimate of drug-likeness (QED) is 0.463. The molecule has 0 unspecified atom stereocenters. The fourth-order valence-corrected chi connectivity index (χ4v) is 2.18. The lowest BCUT2D eigenvalue weighted by Gasteiger charge is -2.12. The number of carboxylic acid groups (broad SMARTS) is 1. The molecule has 0 aliphatic rings. The zero-order valence-electron chi connectivity index (χ0n) is 8.93. The van der Waals surface area contributed by atoms with Crippen LogP contribution in [0.3, 0.4) is 0 Å². The number of phenolic OH excluding ortho intramolecular Hbond substituents is 1. The number of aromatic hydroxyl groups is 2. The van der Waals surface area contributed by atoms with E-state index in [0.717, 1.165) is 0 Å². The van der Waals surface area contributed by atoms with Crippen LogP contribution in [0.15, 0.2) is 23.1 Å². The molecule has 0 aliphatic heterocycles. The van der Waals surface area contributed by atoms with Crippen molar-refractivity contribution in [3.63, 3.8) is 0 Å². The number of aromatic carboxylic acids is 1. The van der Waals surface area contributed by atoms with E-state index in [1.165, 1.54) is 13.0 Å². The molecule has 0 aliphatic carbocycles. The zero-order chi connectivity index (χ0) is 12.7. The van der Waals surface area contributed by atoms with Crippen molar-refractivity contribution in [3.8, 4) is 11.5 Å². The summed E-state index contributed by atoms with van der Waals surface area (Å²) in [6.07, 6.45) is 0. The van der Waals surface area contributed by atoms with Crippen LogP contribution < -0.4 is 0 Å². The molecule has 0 amide bonds. The van der Waals surface area contributed by atoms with Crippen molar-refractivity contribution in [1.82, 2.24) is 0 Å². The highest BCUT2D eigenvalue weighted by molar-refractivity contribution is 7.80. The molecule has 0 aromatic heterocycles. The normalized spacial score (nSPS) is 10.7. The third-order valence-corrected chi connectivity index (χ3v) is 3.09. The minimum atomic E-state index is -1.28. The predicted octanol–water partition coefficient (Wildman–Crippen LogP) is 2.55. The smallest absolute Gasteiger partial charge is 0.339 e. The van der Waals surface area contributed by atoms with Crippen LogP contribution in [0.2, 0.25) is 0 Å². The third-order valence-electron chi connectivity index (χ3n) is 2.72. The molecule has 0 heterocycles. The molecule has 5 heteroatoms. The molecule has 0 fully saturated rings. The molecular formula is C12H10O4S. The largest absolute Gasteiger partial charge is 0.507 e. The van der Waals surface area contributed by atoms with Gasteiger partial charge in [0.05, 0.1) is 0 Å². The summed E-state index contributed by atoms with van der Waals surface area (Å²) >= 11 is 4.18. The average Bonchev–Trinajstić information content (AvgIpc) is 2.25. The third kappa shape index (κ3) is 1.59. The van der Waals surface area contributed by atoms with Gasteiger partial charge in [-0.15, -0.1) is 12.6 Å². The van der Waals surface area contributed by atoms with Crippen LogP contribution in [0.1, 0.15) is 15.9 Å². The van der Waals surface area contributed by atoms with Crippen molar-refractivity contribution in [1.29, 1.82) is 0 Å². The van der Waals surface area contributed by atoms with Crippen LogP contribution in [0.4, 0.5) is 0 Å². The molecule has 2 aromatic rings. The molecule has 0 bridgehead atoms. The Hall–Kier alpha value is -1.88. The standard InChI is InChI=1S/C12H10O4S/c1-5-8(12(15)16)11(14)6-3-2-4-7(17)9(6)10(5)13/h2-4,13-14,17H,1H3,(H,15,16). The summed E-state index contributed by atoms with van der Waals surface area (Å²) in [7, 11) is 0. The van der Waals surface area contributed by atoms with Gasteiger partial charge in [-0.25, -0.2) is 4.79 Å². The topological polar surface area (TPSA) is 77.8 Å².